The zero-order valence-corrected chi connectivity index (χ0v) is 14.5. The molecule has 0 saturated carbocycles. The molecule has 2 N–H and O–H groups in total. The van der Waals surface area contributed by atoms with Gasteiger partial charge in [-0.15, -0.1) is 0 Å². The lowest BCUT2D eigenvalue weighted by atomic mass is 9.76. The first-order valence-electron chi connectivity index (χ1n) is 7.85. The summed E-state index contributed by atoms with van der Waals surface area (Å²) in [5.74, 6) is -0.157. The Labute approximate surface area is 154 Å². The third-order valence-electron chi connectivity index (χ3n) is 4.96. The van der Waals surface area contributed by atoms with E-state index >= 15 is 0 Å². The molecule has 3 atom stereocenters. The van der Waals surface area contributed by atoms with Crippen molar-refractivity contribution < 1.29 is 10.0 Å². The van der Waals surface area contributed by atoms with Crippen molar-refractivity contribution in [3.05, 3.63) is 73.8 Å². The first-order valence-corrected chi connectivity index (χ1v) is 8.61. The van der Waals surface area contributed by atoms with Gasteiger partial charge in [-0.2, -0.15) is 0 Å². The Bertz CT molecular complexity index is 896. The predicted octanol–water partition coefficient (Wildman–Crippen LogP) is 5.43. The van der Waals surface area contributed by atoms with E-state index in [9.17, 15) is 15.2 Å². The third-order valence-corrected chi connectivity index (χ3v) is 5.50. The topological polar surface area (TPSA) is 75.4 Å². The number of fused-ring (bicyclic) bond motifs is 3. The van der Waals surface area contributed by atoms with Crippen LogP contribution in [0.1, 0.15) is 29.5 Å². The summed E-state index contributed by atoms with van der Waals surface area (Å²) in [5.41, 5.74) is 1.71. The highest BCUT2D eigenvalue weighted by molar-refractivity contribution is 6.33. The average Bonchev–Trinajstić information content (AvgIpc) is 3.04. The first-order chi connectivity index (χ1) is 12.0. The molecule has 2 aliphatic rings. The molecule has 0 fully saturated rings. The number of phenols is 1. The Morgan fingerprint density at radius 1 is 1.24 bits per heavy atom. The molecule has 0 aromatic heterocycles. The summed E-state index contributed by atoms with van der Waals surface area (Å²) in [5, 5.41) is 25.8. The molecular weight excluding hydrogens is 363 g/mol. The summed E-state index contributed by atoms with van der Waals surface area (Å²) >= 11 is 12.0. The molecule has 0 bridgehead atoms. The van der Waals surface area contributed by atoms with Crippen LogP contribution in [0.3, 0.4) is 0 Å². The highest BCUT2D eigenvalue weighted by Gasteiger charge is 2.43. The molecule has 5 nitrogen and oxygen atoms in total. The van der Waals surface area contributed by atoms with Crippen LogP contribution >= 0.6 is 23.2 Å². The van der Waals surface area contributed by atoms with Crippen LogP contribution in [0.2, 0.25) is 10.0 Å². The van der Waals surface area contributed by atoms with E-state index in [1.54, 1.807) is 0 Å². The monoisotopic (exact) mass is 376 g/mol. The zero-order chi connectivity index (χ0) is 17.7. The van der Waals surface area contributed by atoms with Crippen LogP contribution in [0.4, 0.5) is 11.4 Å². The van der Waals surface area contributed by atoms with E-state index in [0.29, 0.717) is 16.3 Å². The predicted molar refractivity (Wildman–Crippen MR) is 97.6 cm³/mol. The summed E-state index contributed by atoms with van der Waals surface area (Å²) in [6.45, 7) is 0. The lowest BCUT2D eigenvalue weighted by molar-refractivity contribution is -0.385. The molecule has 128 valence electrons. The Balaban J connectivity index is 1.89. The number of nitro groups is 1. The van der Waals surface area contributed by atoms with Crippen molar-refractivity contribution in [1.29, 1.82) is 0 Å². The van der Waals surface area contributed by atoms with Gasteiger partial charge < -0.3 is 10.4 Å². The molecule has 1 heterocycles. The minimum absolute atomic E-state index is 0.0490. The van der Waals surface area contributed by atoms with E-state index < -0.39 is 4.92 Å². The number of aromatic hydroxyl groups is 1. The second-order valence-electron chi connectivity index (χ2n) is 6.30. The highest BCUT2D eigenvalue weighted by Crippen LogP contribution is 2.56. The molecule has 0 unspecified atom stereocenters. The third kappa shape index (κ3) is 2.55. The van der Waals surface area contributed by atoms with Gasteiger partial charge >= 0.3 is 0 Å². The van der Waals surface area contributed by atoms with Gasteiger partial charge in [-0.3, -0.25) is 10.1 Å². The zero-order valence-electron chi connectivity index (χ0n) is 12.9. The summed E-state index contributed by atoms with van der Waals surface area (Å²) in [4.78, 5) is 11.1. The minimum atomic E-state index is -0.478. The van der Waals surface area contributed by atoms with E-state index in [0.717, 1.165) is 12.0 Å². The molecule has 2 aromatic rings. The molecule has 0 spiro atoms. The normalized spacial score (nSPS) is 23.7. The van der Waals surface area contributed by atoms with Crippen molar-refractivity contribution in [3.8, 4) is 5.75 Å². The lowest BCUT2D eigenvalue weighted by Gasteiger charge is -2.37. The smallest absolute Gasteiger partial charge is 0.293 e. The van der Waals surface area contributed by atoms with Gasteiger partial charge in [0.15, 0.2) is 0 Å². The van der Waals surface area contributed by atoms with Crippen molar-refractivity contribution in [2.75, 3.05) is 5.32 Å². The number of nitrogens with zero attached hydrogens (tertiary/aromatic N) is 1. The van der Waals surface area contributed by atoms with E-state index in [1.165, 1.54) is 6.07 Å². The molecule has 1 aliphatic carbocycles. The SMILES string of the molecule is O=[N+]([O-])c1c(Cl)cc(O)c2c1[C@H]1C=CC[C@@H]1[C@@H](c1ccc(Cl)cc1)N2. The maximum Gasteiger partial charge on any atom is 0.293 e. The van der Waals surface area contributed by atoms with Crippen LogP contribution in [0.15, 0.2) is 42.5 Å². The first kappa shape index (κ1) is 16.2. The maximum absolute atomic E-state index is 11.6. The van der Waals surface area contributed by atoms with Crippen molar-refractivity contribution >= 4 is 34.6 Å². The molecule has 7 heteroatoms. The number of hydrogen-bond acceptors (Lipinski definition) is 4. The number of anilines is 1. The van der Waals surface area contributed by atoms with Gasteiger partial charge in [0.1, 0.15) is 10.8 Å². The molecule has 0 amide bonds. The fourth-order valence-corrected chi connectivity index (χ4v) is 4.30. The van der Waals surface area contributed by atoms with Crippen molar-refractivity contribution in [2.45, 2.75) is 18.4 Å². The molecule has 0 radical (unpaired) electrons. The molecule has 2 aromatic carbocycles. The van der Waals surface area contributed by atoms with Gasteiger partial charge in [0.25, 0.3) is 5.69 Å². The van der Waals surface area contributed by atoms with Crippen molar-refractivity contribution in [1.82, 2.24) is 0 Å². The summed E-state index contributed by atoms with van der Waals surface area (Å²) in [6, 6.07) is 8.63. The van der Waals surface area contributed by atoms with E-state index in [4.69, 9.17) is 23.2 Å². The number of benzene rings is 2. The second kappa shape index (κ2) is 5.93. The summed E-state index contributed by atoms with van der Waals surface area (Å²) in [7, 11) is 0. The Hall–Kier alpha value is -2.24. The van der Waals surface area contributed by atoms with Crippen LogP contribution < -0.4 is 5.32 Å². The quantitative estimate of drug-likeness (QED) is 0.317. The standard InChI is InChI=1S/C18H14Cl2N2O3/c19-10-6-4-9(5-7-10)16-12-3-1-2-11(12)15-17(21-16)14(23)8-13(20)18(15)22(24)25/h1-2,4-8,11-12,16,21,23H,3H2/t11-,12-,16+/m0/s1. The molecule has 0 saturated heterocycles. The summed E-state index contributed by atoms with van der Waals surface area (Å²) < 4.78 is 0. The largest absolute Gasteiger partial charge is 0.506 e. The molecule has 4 rings (SSSR count). The van der Waals surface area contributed by atoms with Gasteiger partial charge in [0.2, 0.25) is 0 Å². The minimum Gasteiger partial charge on any atom is -0.506 e. The number of halogens is 2. The van der Waals surface area contributed by atoms with Crippen molar-refractivity contribution in [3.63, 3.8) is 0 Å². The van der Waals surface area contributed by atoms with Gasteiger partial charge in [-0.1, -0.05) is 47.5 Å². The second-order valence-corrected chi connectivity index (χ2v) is 7.14. The fraction of sp³-hybridized carbons (Fsp3) is 0.222. The van der Waals surface area contributed by atoms with E-state index in [1.807, 2.05) is 36.4 Å². The number of rotatable bonds is 2. The van der Waals surface area contributed by atoms with Crippen LogP contribution in [0, 0.1) is 16.0 Å². The van der Waals surface area contributed by atoms with Gasteiger partial charge in [-0.05, 0) is 30.0 Å². The average molecular weight is 377 g/mol. The molecule has 25 heavy (non-hydrogen) atoms. The van der Waals surface area contributed by atoms with E-state index in [-0.39, 0.29) is 34.3 Å². The number of nitro benzene ring substituents is 1. The summed E-state index contributed by atoms with van der Waals surface area (Å²) in [6.07, 6.45) is 4.78. The van der Waals surface area contributed by atoms with Crippen LogP contribution in [0.5, 0.6) is 5.75 Å². The Morgan fingerprint density at radius 3 is 2.64 bits per heavy atom. The van der Waals surface area contributed by atoms with Crippen LogP contribution in [0.25, 0.3) is 0 Å². The lowest BCUT2D eigenvalue weighted by Crippen LogP contribution is -2.29. The maximum atomic E-state index is 11.6. The Kier molecular flexibility index (Phi) is 3.85. The number of nitrogens with one attached hydrogen (secondary N) is 1. The molecule has 1 aliphatic heterocycles. The van der Waals surface area contributed by atoms with E-state index in [2.05, 4.69) is 5.32 Å². The van der Waals surface area contributed by atoms with Crippen molar-refractivity contribution in [2.24, 2.45) is 5.92 Å². The Morgan fingerprint density at radius 2 is 1.96 bits per heavy atom. The highest BCUT2D eigenvalue weighted by atomic mass is 35.5. The number of hydrogen-bond donors (Lipinski definition) is 2. The van der Waals surface area contributed by atoms with Crippen LogP contribution in [-0.4, -0.2) is 10.0 Å². The fourth-order valence-electron chi connectivity index (χ4n) is 3.90. The number of phenolic OH excluding ortho intramolecular Hbond substituents is 1. The van der Waals surface area contributed by atoms with Gasteiger partial charge in [0.05, 0.1) is 22.2 Å². The molecular formula is C18H14Cl2N2O3. The van der Waals surface area contributed by atoms with Gasteiger partial charge in [-0.25, -0.2) is 0 Å². The van der Waals surface area contributed by atoms with Gasteiger partial charge in [0, 0.05) is 17.0 Å². The number of allylic oxidation sites excluding steroid dienone is 2. The van der Waals surface area contributed by atoms with Crippen LogP contribution in [-0.2, 0) is 0 Å².